The van der Waals surface area contributed by atoms with E-state index in [0.29, 0.717) is 0 Å². The Balaban J connectivity index is 3.59. The first-order chi connectivity index (χ1) is 8.99. The number of carboxylic acid groups (broad SMARTS) is 2. The summed E-state index contributed by atoms with van der Waals surface area (Å²) in [6, 6.07) is 0. The third-order valence-electron chi connectivity index (χ3n) is 3.90. The molecule has 0 saturated heterocycles. The lowest BCUT2D eigenvalue weighted by Crippen LogP contribution is -2.61. The lowest BCUT2D eigenvalue weighted by molar-refractivity contribution is -0.189. The van der Waals surface area contributed by atoms with E-state index >= 15 is 0 Å². The number of aliphatic hydroxyl groups excluding tert-OH is 1. The molecule has 0 aliphatic heterocycles. The van der Waals surface area contributed by atoms with Crippen molar-refractivity contribution in [2.24, 2.45) is 11.3 Å². The summed E-state index contributed by atoms with van der Waals surface area (Å²) < 4.78 is 26.0. The van der Waals surface area contributed by atoms with Crippen LogP contribution >= 0.6 is 0 Å². The van der Waals surface area contributed by atoms with Gasteiger partial charge in [-0.15, -0.1) is 0 Å². The number of carbonyl (C=O) groups is 2. The van der Waals surface area contributed by atoms with Gasteiger partial charge >= 0.3 is 11.9 Å². The molecule has 0 amide bonds. The summed E-state index contributed by atoms with van der Waals surface area (Å²) in [5.41, 5.74) is -5.81. The molecule has 1 aliphatic carbocycles. The predicted octanol–water partition coefficient (Wildman–Crippen LogP) is 0.485. The third kappa shape index (κ3) is 2.18. The minimum atomic E-state index is -3.13. The number of carboxylic acids is 2. The van der Waals surface area contributed by atoms with Crippen LogP contribution in [0.15, 0.2) is 11.6 Å². The lowest BCUT2D eigenvalue weighted by atomic mass is 9.58. The fourth-order valence-corrected chi connectivity index (χ4v) is 2.94. The Bertz CT molecular complexity index is 461. The van der Waals surface area contributed by atoms with Crippen molar-refractivity contribution in [2.75, 3.05) is 0 Å². The van der Waals surface area contributed by atoms with Crippen LogP contribution in [0.5, 0.6) is 0 Å². The Hall–Kier alpha value is -1.54. The zero-order chi connectivity index (χ0) is 15.9. The van der Waals surface area contributed by atoms with Crippen molar-refractivity contribution in [2.45, 2.75) is 38.4 Å². The third-order valence-corrected chi connectivity index (χ3v) is 3.90. The van der Waals surface area contributed by atoms with Gasteiger partial charge in [0.15, 0.2) is 5.60 Å². The minimum absolute atomic E-state index is 0.694. The second-order valence-electron chi connectivity index (χ2n) is 5.12. The van der Waals surface area contributed by atoms with Crippen molar-refractivity contribution in [1.82, 2.24) is 0 Å². The van der Waals surface area contributed by atoms with E-state index < -0.39 is 53.4 Å². The Morgan fingerprint density at radius 1 is 1.35 bits per heavy atom. The highest BCUT2D eigenvalue weighted by atomic mass is 19.3. The molecule has 4 atom stereocenters. The Morgan fingerprint density at radius 3 is 2.15 bits per heavy atom. The number of hydrogen-bond acceptors (Lipinski definition) is 4. The topological polar surface area (TPSA) is 115 Å². The summed E-state index contributed by atoms with van der Waals surface area (Å²) >= 11 is 0. The molecule has 0 bridgehead atoms. The van der Waals surface area contributed by atoms with E-state index in [9.17, 15) is 33.7 Å². The zero-order valence-electron chi connectivity index (χ0n) is 10.9. The number of rotatable bonds is 4. The van der Waals surface area contributed by atoms with Crippen LogP contribution < -0.4 is 0 Å². The normalized spacial score (nSPS) is 35.5. The van der Waals surface area contributed by atoms with Crippen LogP contribution in [0, 0.1) is 11.3 Å². The van der Waals surface area contributed by atoms with Crippen LogP contribution in [0.2, 0.25) is 0 Å². The maximum Gasteiger partial charge on any atom is 0.336 e. The second-order valence-corrected chi connectivity index (χ2v) is 5.12. The summed E-state index contributed by atoms with van der Waals surface area (Å²) in [5.74, 6) is -5.30. The molecule has 4 N–H and O–H groups in total. The van der Waals surface area contributed by atoms with Gasteiger partial charge in [-0.3, -0.25) is 4.79 Å². The maximum atomic E-state index is 13.0. The molecule has 1 aliphatic rings. The van der Waals surface area contributed by atoms with Crippen LogP contribution in [-0.2, 0) is 9.59 Å². The Kier molecular flexibility index (Phi) is 4.21. The molecule has 114 valence electrons. The molecule has 0 heterocycles. The summed E-state index contributed by atoms with van der Waals surface area (Å²) in [6.07, 6.45) is -4.71. The summed E-state index contributed by atoms with van der Waals surface area (Å²) in [6.45, 7) is 1.95. The SMILES string of the molecule is CC(O)C1C(O)(C(=O)O)CC=C(C(F)F)C1(C)C(=O)O. The van der Waals surface area contributed by atoms with Crippen molar-refractivity contribution in [3.8, 4) is 0 Å². The van der Waals surface area contributed by atoms with Gasteiger partial charge in [0, 0.05) is 17.9 Å². The fraction of sp³-hybridized carbons (Fsp3) is 0.667. The standard InChI is InChI=1S/C12H16F2O6/c1-5(15)7-11(2,9(16)17)6(8(13)14)3-4-12(7,20)10(18)19/h3,5,7-8,15,20H,4H2,1-2H3,(H,16,17)(H,18,19). The van der Waals surface area contributed by atoms with Gasteiger partial charge < -0.3 is 20.4 Å². The Morgan fingerprint density at radius 2 is 1.85 bits per heavy atom. The zero-order valence-corrected chi connectivity index (χ0v) is 10.9. The van der Waals surface area contributed by atoms with E-state index in [4.69, 9.17) is 5.11 Å². The number of aliphatic hydroxyl groups is 2. The van der Waals surface area contributed by atoms with Crippen LogP contribution in [0.3, 0.4) is 0 Å². The second kappa shape index (κ2) is 5.10. The molecule has 0 fully saturated rings. The molecule has 6 nitrogen and oxygen atoms in total. The quantitative estimate of drug-likeness (QED) is 0.561. The molecular formula is C12H16F2O6. The van der Waals surface area contributed by atoms with Gasteiger partial charge in [0.1, 0.15) is 0 Å². The van der Waals surface area contributed by atoms with Crippen molar-refractivity contribution < 1.29 is 38.8 Å². The summed E-state index contributed by atoms with van der Waals surface area (Å²) in [4.78, 5) is 22.6. The highest BCUT2D eigenvalue weighted by molar-refractivity contribution is 5.85. The van der Waals surface area contributed by atoms with Gasteiger partial charge in [0.05, 0.1) is 11.5 Å². The molecule has 0 radical (unpaired) electrons. The molecule has 0 aromatic heterocycles. The van der Waals surface area contributed by atoms with Gasteiger partial charge in [0.25, 0.3) is 6.43 Å². The van der Waals surface area contributed by atoms with Crippen LogP contribution in [0.1, 0.15) is 20.3 Å². The molecular weight excluding hydrogens is 278 g/mol. The van der Waals surface area contributed by atoms with Gasteiger partial charge in [-0.1, -0.05) is 6.08 Å². The van der Waals surface area contributed by atoms with Crippen molar-refractivity contribution in [3.05, 3.63) is 11.6 Å². The monoisotopic (exact) mass is 294 g/mol. The predicted molar refractivity (Wildman–Crippen MR) is 62.2 cm³/mol. The molecule has 4 unspecified atom stereocenters. The summed E-state index contributed by atoms with van der Waals surface area (Å²) in [7, 11) is 0. The first kappa shape index (κ1) is 16.5. The molecule has 0 spiro atoms. The van der Waals surface area contributed by atoms with E-state index in [0.717, 1.165) is 19.9 Å². The molecule has 0 aromatic rings. The molecule has 20 heavy (non-hydrogen) atoms. The van der Waals surface area contributed by atoms with E-state index in [2.05, 4.69) is 0 Å². The summed E-state index contributed by atoms with van der Waals surface area (Å²) in [5, 5.41) is 38.2. The average Bonchev–Trinajstić information content (AvgIpc) is 2.27. The van der Waals surface area contributed by atoms with Crippen LogP contribution in [0.25, 0.3) is 0 Å². The number of aliphatic carboxylic acids is 2. The van der Waals surface area contributed by atoms with E-state index in [-0.39, 0.29) is 0 Å². The largest absolute Gasteiger partial charge is 0.481 e. The molecule has 8 heteroatoms. The Labute approximate surface area is 113 Å². The fourth-order valence-electron chi connectivity index (χ4n) is 2.94. The van der Waals surface area contributed by atoms with Crippen molar-refractivity contribution >= 4 is 11.9 Å². The average molecular weight is 294 g/mol. The lowest BCUT2D eigenvalue weighted by Gasteiger charge is -2.47. The van der Waals surface area contributed by atoms with E-state index in [1.165, 1.54) is 0 Å². The smallest absolute Gasteiger partial charge is 0.336 e. The van der Waals surface area contributed by atoms with Gasteiger partial charge in [-0.05, 0) is 13.8 Å². The van der Waals surface area contributed by atoms with Gasteiger partial charge in [-0.25, -0.2) is 13.6 Å². The van der Waals surface area contributed by atoms with E-state index in [1.54, 1.807) is 0 Å². The van der Waals surface area contributed by atoms with Crippen molar-refractivity contribution in [1.29, 1.82) is 0 Å². The van der Waals surface area contributed by atoms with Crippen molar-refractivity contribution in [3.63, 3.8) is 0 Å². The first-order valence-corrected chi connectivity index (χ1v) is 5.85. The molecule has 0 aromatic carbocycles. The van der Waals surface area contributed by atoms with E-state index in [1.807, 2.05) is 0 Å². The number of alkyl halides is 2. The minimum Gasteiger partial charge on any atom is -0.481 e. The number of hydrogen-bond donors (Lipinski definition) is 4. The van der Waals surface area contributed by atoms with Gasteiger partial charge in [-0.2, -0.15) is 0 Å². The van der Waals surface area contributed by atoms with Gasteiger partial charge in [0.2, 0.25) is 0 Å². The first-order valence-electron chi connectivity index (χ1n) is 5.85. The highest BCUT2D eigenvalue weighted by Crippen LogP contribution is 2.50. The van der Waals surface area contributed by atoms with Crippen LogP contribution in [0.4, 0.5) is 8.78 Å². The molecule has 1 rings (SSSR count). The highest BCUT2D eigenvalue weighted by Gasteiger charge is 2.62. The number of halogens is 2. The van der Waals surface area contributed by atoms with Crippen LogP contribution in [-0.4, -0.2) is 50.5 Å². The molecule has 0 saturated carbocycles. The maximum absolute atomic E-state index is 13.0.